The largest absolute Gasteiger partial charge is 0.478 e. The summed E-state index contributed by atoms with van der Waals surface area (Å²) in [7, 11) is 0. The maximum atomic E-state index is 13.4. The smallest absolute Gasteiger partial charge is 0.337 e. The molecule has 0 aliphatic carbocycles. The fraction of sp³-hybridized carbons (Fsp3) is 0.0667. The highest BCUT2D eigenvalue weighted by Crippen LogP contribution is 2.22. The molecule has 4 aromatic carbocycles. The predicted octanol–water partition coefficient (Wildman–Crippen LogP) is 4.98. The number of nitrogens with zero attached hydrogens (tertiary/aromatic N) is 1. The Morgan fingerprint density at radius 1 is 0.649 bits per heavy atom. The van der Waals surface area contributed by atoms with Gasteiger partial charge in [0.05, 0.1) is 29.8 Å². The lowest BCUT2D eigenvalue weighted by atomic mass is 10.1. The quantitative estimate of drug-likeness (QED) is 0.361. The van der Waals surface area contributed by atoms with Crippen molar-refractivity contribution in [2.45, 2.75) is 12.8 Å². The van der Waals surface area contributed by atoms with Gasteiger partial charge >= 0.3 is 5.97 Å². The maximum Gasteiger partial charge on any atom is 0.337 e. The summed E-state index contributed by atoms with van der Waals surface area (Å²) in [4.78, 5) is 52.3. The third-order valence-corrected chi connectivity index (χ3v) is 5.67. The van der Waals surface area contributed by atoms with Gasteiger partial charge in [-0.25, -0.2) is 9.69 Å². The number of imide groups is 1. The van der Waals surface area contributed by atoms with Crippen LogP contribution in [0.2, 0.25) is 0 Å². The van der Waals surface area contributed by atoms with Crippen LogP contribution in [0, 0.1) is 0 Å². The minimum absolute atomic E-state index is 0.00375. The Labute approximate surface area is 214 Å². The number of amides is 3. The SMILES string of the molecule is O=C(Nc1ccccc1C(=O)O)c1cccc(N(C(=O)Cc2ccccc2)C(=O)Cc2ccccc2)c1. The molecule has 7 nitrogen and oxygen atoms in total. The first-order valence-electron chi connectivity index (χ1n) is 11.6. The van der Waals surface area contributed by atoms with Crippen LogP contribution in [0.25, 0.3) is 0 Å². The number of carboxylic acids is 1. The molecule has 4 aromatic rings. The van der Waals surface area contributed by atoms with Crippen molar-refractivity contribution in [3.05, 3.63) is 131 Å². The third kappa shape index (κ3) is 6.35. The molecule has 0 atom stereocenters. The number of benzene rings is 4. The summed E-state index contributed by atoms with van der Waals surface area (Å²) in [6.45, 7) is 0. The molecule has 37 heavy (non-hydrogen) atoms. The second-order valence-corrected chi connectivity index (χ2v) is 8.30. The highest BCUT2D eigenvalue weighted by atomic mass is 16.4. The van der Waals surface area contributed by atoms with Crippen LogP contribution >= 0.6 is 0 Å². The van der Waals surface area contributed by atoms with E-state index in [1.165, 1.54) is 24.3 Å². The van der Waals surface area contributed by atoms with Gasteiger partial charge < -0.3 is 10.4 Å². The van der Waals surface area contributed by atoms with Gasteiger partial charge in [-0.2, -0.15) is 0 Å². The van der Waals surface area contributed by atoms with E-state index in [-0.39, 0.29) is 35.3 Å². The van der Waals surface area contributed by atoms with Gasteiger partial charge in [0, 0.05) is 5.56 Å². The van der Waals surface area contributed by atoms with E-state index in [1.54, 1.807) is 24.3 Å². The lowest BCUT2D eigenvalue weighted by Gasteiger charge is -2.22. The van der Waals surface area contributed by atoms with E-state index in [1.807, 2.05) is 60.7 Å². The topological polar surface area (TPSA) is 104 Å². The number of anilines is 2. The second-order valence-electron chi connectivity index (χ2n) is 8.30. The number of carbonyl (C=O) groups excluding carboxylic acids is 3. The molecule has 0 aromatic heterocycles. The van der Waals surface area contributed by atoms with Gasteiger partial charge in [0.25, 0.3) is 5.91 Å². The Balaban J connectivity index is 1.64. The Hall–Kier alpha value is -5.04. The lowest BCUT2D eigenvalue weighted by Crippen LogP contribution is -2.39. The van der Waals surface area contributed by atoms with Gasteiger partial charge in [-0.3, -0.25) is 14.4 Å². The molecule has 0 unspecified atom stereocenters. The molecule has 0 aliphatic rings. The van der Waals surface area contributed by atoms with E-state index in [4.69, 9.17) is 0 Å². The van der Waals surface area contributed by atoms with Gasteiger partial charge in [0.2, 0.25) is 11.8 Å². The zero-order valence-corrected chi connectivity index (χ0v) is 19.8. The van der Waals surface area contributed by atoms with Crippen LogP contribution in [0.1, 0.15) is 31.8 Å². The number of rotatable bonds is 8. The van der Waals surface area contributed by atoms with E-state index in [0.717, 1.165) is 16.0 Å². The fourth-order valence-corrected chi connectivity index (χ4v) is 3.89. The number of aromatic carboxylic acids is 1. The molecule has 0 spiro atoms. The first kappa shape index (κ1) is 25.1. The lowest BCUT2D eigenvalue weighted by molar-refractivity contribution is -0.125. The maximum absolute atomic E-state index is 13.4. The van der Waals surface area contributed by atoms with Gasteiger partial charge in [0.1, 0.15) is 0 Å². The first-order chi connectivity index (χ1) is 17.9. The van der Waals surface area contributed by atoms with E-state index >= 15 is 0 Å². The molecule has 0 bridgehead atoms. The molecular formula is C30H24N2O5. The van der Waals surface area contributed by atoms with E-state index in [0.29, 0.717) is 0 Å². The minimum atomic E-state index is -1.17. The number of nitrogens with one attached hydrogen (secondary N) is 1. The number of carbonyl (C=O) groups is 4. The zero-order chi connectivity index (χ0) is 26.2. The molecule has 0 fully saturated rings. The van der Waals surface area contributed by atoms with E-state index < -0.39 is 23.7 Å². The second kappa shape index (κ2) is 11.6. The highest BCUT2D eigenvalue weighted by Gasteiger charge is 2.25. The van der Waals surface area contributed by atoms with Gasteiger partial charge in [-0.05, 0) is 41.5 Å². The standard InChI is InChI=1S/C30H24N2O5/c33-27(18-21-10-3-1-4-11-21)32(28(34)19-22-12-5-2-6-13-22)24-15-9-14-23(20-24)29(35)31-26-17-8-7-16-25(26)30(36)37/h1-17,20H,18-19H2,(H,31,35)(H,36,37). The summed E-state index contributed by atoms with van der Waals surface area (Å²) in [5.41, 5.74) is 2.02. The molecule has 4 rings (SSSR count). The first-order valence-corrected chi connectivity index (χ1v) is 11.6. The summed E-state index contributed by atoms with van der Waals surface area (Å²) in [5.74, 6) is -2.60. The molecular weight excluding hydrogens is 468 g/mol. The van der Waals surface area contributed by atoms with Crippen molar-refractivity contribution < 1.29 is 24.3 Å². The Bertz CT molecular complexity index is 1380. The average molecular weight is 493 g/mol. The van der Waals surface area contributed by atoms with E-state index in [2.05, 4.69) is 5.32 Å². The summed E-state index contributed by atoms with van der Waals surface area (Å²) in [5, 5.41) is 12.0. The zero-order valence-electron chi connectivity index (χ0n) is 19.8. The Morgan fingerprint density at radius 3 is 1.76 bits per heavy atom. The van der Waals surface area contributed by atoms with Crippen LogP contribution in [-0.4, -0.2) is 28.8 Å². The molecule has 0 radical (unpaired) electrons. The number of carboxylic acid groups (broad SMARTS) is 1. The highest BCUT2D eigenvalue weighted by molar-refractivity contribution is 6.16. The normalized spacial score (nSPS) is 10.4. The molecule has 184 valence electrons. The summed E-state index contributed by atoms with van der Waals surface area (Å²) in [6, 6.07) is 30.4. The van der Waals surface area contributed by atoms with Crippen LogP contribution in [0.3, 0.4) is 0 Å². The van der Waals surface area contributed by atoms with Crippen molar-refractivity contribution in [1.29, 1.82) is 0 Å². The average Bonchev–Trinajstić information content (AvgIpc) is 2.90. The number of hydrogen-bond acceptors (Lipinski definition) is 4. The summed E-state index contributed by atoms with van der Waals surface area (Å²) < 4.78 is 0. The van der Waals surface area contributed by atoms with Crippen LogP contribution < -0.4 is 10.2 Å². The van der Waals surface area contributed by atoms with Crippen molar-refractivity contribution in [3.63, 3.8) is 0 Å². The molecule has 0 aliphatic heterocycles. The van der Waals surface area contributed by atoms with Gasteiger partial charge in [-0.15, -0.1) is 0 Å². The van der Waals surface area contributed by atoms with Crippen LogP contribution in [0.5, 0.6) is 0 Å². The van der Waals surface area contributed by atoms with Gasteiger partial charge in [-0.1, -0.05) is 78.9 Å². The van der Waals surface area contributed by atoms with Crippen molar-refractivity contribution in [2.75, 3.05) is 10.2 Å². The molecule has 0 saturated heterocycles. The van der Waals surface area contributed by atoms with Crippen LogP contribution in [-0.2, 0) is 22.4 Å². The molecule has 0 heterocycles. The number of para-hydroxylation sites is 1. The summed E-state index contributed by atoms with van der Waals surface area (Å²) in [6.07, 6.45) is 0.00750. The monoisotopic (exact) mass is 492 g/mol. The molecule has 7 heteroatoms. The van der Waals surface area contributed by atoms with Crippen molar-refractivity contribution in [1.82, 2.24) is 0 Å². The Morgan fingerprint density at radius 2 is 1.19 bits per heavy atom. The molecule has 2 N–H and O–H groups in total. The van der Waals surface area contributed by atoms with Crippen LogP contribution in [0.15, 0.2) is 109 Å². The van der Waals surface area contributed by atoms with E-state index in [9.17, 15) is 24.3 Å². The Kier molecular flexibility index (Phi) is 7.85. The van der Waals surface area contributed by atoms with Crippen molar-refractivity contribution in [2.24, 2.45) is 0 Å². The predicted molar refractivity (Wildman–Crippen MR) is 141 cm³/mol. The fourth-order valence-electron chi connectivity index (χ4n) is 3.89. The van der Waals surface area contributed by atoms with Crippen molar-refractivity contribution in [3.8, 4) is 0 Å². The van der Waals surface area contributed by atoms with Gasteiger partial charge in [0.15, 0.2) is 0 Å². The minimum Gasteiger partial charge on any atom is -0.478 e. The summed E-state index contributed by atoms with van der Waals surface area (Å²) >= 11 is 0. The molecule has 3 amide bonds. The number of hydrogen-bond donors (Lipinski definition) is 2. The van der Waals surface area contributed by atoms with Crippen molar-refractivity contribution >= 4 is 35.1 Å². The third-order valence-electron chi connectivity index (χ3n) is 5.67. The van der Waals surface area contributed by atoms with Crippen LogP contribution in [0.4, 0.5) is 11.4 Å². The molecule has 0 saturated carbocycles.